The van der Waals surface area contributed by atoms with Crippen molar-refractivity contribution < 1.29 is 4.74 Å². The van der Waals surface area contributed by atoms with Crippen LogP contribution in [0.25, 0.3) is 0 Å². The molecule has 0 radical (unpaired) electrons. The molecule has 1 aliphatic heterocycles. The van der Waals surface area contributed by atoms with E-state index in [2.05, 4.69) is 30.9 Å². The van der Waals surface area contributed by atoms with Gasteiger partial charge in [0.15, 0.2) is 0 Å². The lowest BCUT2D eigenvalue weighted by molar-refractivity contribution is 0.130. The van der Waals surface area contributed by atoms with Gasteiger partial charge in [0, 0.05) is 5.02 Å². The zero-order chi connectivity index (χ0) is 14.4. The van der Waals surface area contributed by atoms with Crippen LogP contribution in [0.5, 0.6) is 0 Å². The van der Waals surface area contributed by atoms with Crippen molar-refractivity contribution in [3.63, 3.8) is 0 Å². The minimum absolute atomic E-state index is 0.00323. The maximum Gasteiger partial charge on any atom is 0.137 e. The Bertz CT molecular complexity index is 589. The Morgan fingerprint density at radius 3 is 2.55 bits per heavy atom. The molecule has 0 amide bonds. The van der Waals surface area contributed by atoms with Crippen molar-refractivity contribution in [3.8, 4) is 0 Å². The lowest BCUT2D eigenvalue weighted by Crippen LogP contribution is -2.35. The van der Waals surface area contributed by atoms with Crippen molar-refractivity contribution in [2.75, 3.05) is 0 Å². The fourth-order valence-corrected chi connectivity index (χ4v) is 2.76. The van der Waals surface area contributed by atoms with Gasteiger partial charge in [-0.05, 0) is 23.1 Å². The van der Waals surface area contributed by atoms with Gasteiger partial charge in [-0.25, -0.2) is 9.67 Å². The van der Waals surface area contributed by atoms with E-state index < -0.39 is 0 Å². The molecule has 0 saturated carbocycles. The highest BCUT2D eigenvalue weighted by Crippen LogP contribution is 2.60. The number of halogens is 1. The van der Waals surface area contributed by atoms with E-state index in [0.29, 0.717) is 6.54 Å². The van der Waals surface area contributed by atoms with Crippen LogP contribution in [0, 0.1) is 5.41 Å². The van der Waals surface area contributed by atoms with Gasteiger partial charge in [-0.15, -0.1) is 0 Å². The second-order valence-electron chi connectivity index (χ2n) is 6.28. The van der Waals surface area contributed by atoms with Crippen LogP contribution in [-0.2, 0) is 11.3 Å². The van der Waals surface area contributed by atoms with Crippen LogP contribution in [0.15, 0.2) is 36.9 Å². The van der Waals surface area contributed by atoms with E-state index in [1.165, 1.54) is 0 Å². The second kappa shape index (κ2) is 4.57. The fraction of sp³-hybridized carbons (Fsp3) is 0.467. The fourth-order valence-electron chi connectivity index (χ4n) is 2.63. The van der Waals surface area contributed by atoms with Crippen LogP contribution in [0.2, 0.25) is 5.02 Å². The van der Waals surface area contributed by atoms with E-state index in [4.69, 9.17) is 16.3 Å². The van der Waals surface area contributed by atoms with Crippen LogP contribution in [0.4, 0.5) is 0 Å². The summed E-state index contributed by atoms with van der Waals surface area (Å²) < 4.78 is 7.97. The molecular formula is C15H18ClN3O. The molecule has 2 atom stereocenters. The molecule has 0 aliphatic carbocycles. The topological polar surface area (TPSA) is 43.2 Å². The number of ether oxygens (including phenoxy) is 1. The molecule has 3 rings (SSSR count). The quantitative estimate of drug-likeness (QED) is 0.813. The second-order valence-corrected chi connectivity index (χ2v) is 6.72. The summed E-state index contributed by atoms with van der Waals surface area (Å²) in [6, 6.07) is 7.87. The summed E-state index contributed by atoms with van der Waals surface area (Å²) in [5.74, 6) is 0. The monoisotopic (exact) mass is 291 g/mol. The number of hydrogen-bond donors (Lipinski definition) is 0. The molecule has 0 unspecified atom stereocenters. The van der Waals surface area contributed by atoms with E-state index in [9.17, 15) is 0 Å². The number of rotatable bonds is 3. The van der Waals surface area contributed by atoms with Gasteiger partial charge in [0.1, 0.15) is 24.4 Å². The summed E-state index contributed by atoms with van der Waals surface area (Å²) in [5.41, 5.74) is 0.905. The van der Waals surface area contributed by atoms with Gasteiger partial charge < -0.3 is 4.74 Å². The van der Waals surface area contributed by atoms with Crippen LogP contribution >= 0.6 is 11.6 Å². The molecule has 4 nitrogen and oxygen atoms in total. The predicted molar refractivity (Wildman–Crippen MR) is 77.5 cm³/mol. The molecular weight excluding hydrogens is 274 g/mol. The average Bonchev–Trinajstić information content (AvgIpc) is 2.89. The van der Waals surface area contributed by atoms with Gasteiger partial charge in [-0.2, -0.15) is 5.10 Å². The van der Waals surface area contributed by atoms with Crippen molar-refractivity contribution in [3.05, 3.63) is 47.5 Å². The molecule has 1 aliphatic rings. The van der Waals surface area contributed by atoms with E-state index in [0.717, 1.165) is 10.6 Å². The summed E-state index contributed by atoms with van der Waals surface area (Å²) in [6.45, 7) is 7.28. The molecule has 1 saturated heterocycles. The van der Waals surface area contributed by atoms with Crippen molar-refractivity contribution in [1.82, 2.24) is 14.8 Å². The number of benzene rings is 1. The first-order valence-electron chi connectivity index (χ1n) is 6.68. The average molecular weight is 292 g/mol. The van der Waals surface area contributed by atoms with Gasteiger partial charge in [0.25, 0.3) is 0 Å². The highest BCUT2D eigenvalue weighted by atomic mass is 35.5. The minimum Gasteiger partial charge on any atom is -0.358 e. The molecule has 20 heavy (non-hydrogen) atoms. The third kappa shape index (κ3) is 2.23. The first-order chi connectivity index (χ1) is 9.42. The molecule has 2 heterocycles. The largest absolute Gasteiger partial charge is 0.358 e. The van der Waals surface area contributed by atoms with Crippen LogP contribution in [-0.4, -0.2) is 20.4 Å². The summed E-state index contributed by atoms with van der Waals surface area (Å²) in [5, 5.41) is 4.94. The SMILES string of the molecule is CC(C)(C)[C@@]1(Cn2cncn2)O[C@H]1c1ccc(Cl)cc1. The lowest BCUT2D eigenvalue weighted by Gasteiger charge is -2.28. The van der Waals surface area contributed by atoms with E-state index >= 15 is 0 Å². The lowest BCUT2D eigenvalue weighted by atomic mass is 9.76. The Hall–Kier alpha value is -1.39. The minimum atomic E-state index is -0.255. The number of nitrogens with zero attached hydrogens (tertiary/aromatic N) is 3. The molecule has 0 N–H and O–H groups in total. The smallest absolute Gasteiger partial charge is 0.137 e. The summed E-state index contributed by atoms with van der Waals surface area (Å²) in [4.78, 5) is 4.00. The Labute approximate surface area is 123 Å². The highest BCUT2D eigenvalue weighted by Gasteiger charge is 2.64. The molecule has 1 fully saturated rings. The van der Waals surface area contributed by atoms with Crippen molar-refractivity contribution in [2.24, 2.45) is 5.41 Å². The number of aromatic nitrogens is 3. The van der Waals surface area contributed by atoms with Gasteiger partial charge >= 0.3 is 0 Å². The van der Waals surface area contributed by atoms with Gasteiger partial charge in [0.05, 0.1) is 6.54 Å². The molecule has 1 aromatic carbocycles. The maximum absolute atomic E-state index is 6.14. The Morgan fingerprint density at radius 1 is 1.30 bits per heavy atom. The van der Waals surface area contributed by atoms with Crippen molar-refractivity contribution in [2.45, 2.75) is 39.0 Å². The van der Waals surface area contributed by atoms with Crippen molar-refractivity contribution >= 4 is 11.6 Å². The van der Waals surface area contributed by atoms with Gasteiger partial charge in [-0.1, -0.05) is 44.5 Å². The van der Waals surface area contributed by atoms with Crippen LogP contribution in [0.1, 0.15) is 32.4 Å². The molecule has 0 bridgehead atoms. The van der Waals surface area contributed by atoms with Gasteiger partial charge in [-0.3, -0.25) is 0 Å². The predicted octanol–water partition coefficient (Wildman–Crippen LogP) is 3.49. The van der Waals surface area contributed by atoms with Gasteiger partial charge in [0.2, 0.25) is 0 Å². The maximum atomic E-state index is 6.14. The standard InChI is InChI=1S/C15H18ClN3O/c1-14(2,3)15(8-19-10-17-9-18-19)13(20-15)11-4-6-12(16)7-5-11/h4-7,9-10,13H,8H2,1-3H3/t13-,15-/m0/s1. The van der Waals surface area contributed by atoms with Crippen molar-refractivity contribution in [1.29, 1.82) is 0 Å². The zero-order valence-electron chi connectivity index (χ0n) is 11.9. The molecule has 1 aromatic heterocycles. The van der Waals surface area contributed by atoms with Crippen LogP contribution < -0.4 is 0 Å². The highest BCUT2D eigenvalue weighted by molar-refractivity contribution is 6.30. The summed E-state index contributed by atoms with van der Waals surface area (Å²) in [7, 11) is 0. The Kier molecular flexibility index (Phi) is 3.10. The normalized spacial score (nSPS) is 25.7. The third-order valence-corrected chi connectivity index (χ3v) is 4.25. The molecule has 0 spiro atoms. The molecule has 2 aromatic rings. The Morgan fingerprint density at radius 2 is 2.00 bits per heavy atom. The first-order valence-corrected chi connectivity index (χ1v) is 7.06. The molecule has 106 valence electrons. The van der Waals surface area contributed by atoms with E-state index in [-0.39, 0.29) is 17.1 Å². The summed E-state index contributed by atoms with van der Waals surface area (Å²) >= 11 is 5.95. The first kappa shape index (κ1) is 13.6. The van der Waals surface area contributed by atoms with E-state index in [1.807, 2.05) is 28.9 Å². The summed E-state index contributed by atoms with van der Waals surface area (Å²) in [6.07, 6.45) is 3.35. The number of epoxide rings is 1. The van der Waals surface area contributed by atoms with E-state index in [1.54, 1.807) is 12.7 Å². The molecule has 5 heteroatoms. The Balaban J connectivity index is 1.89. The third-order valence-electron chi connectivity index (χ3n) is 4.00. The van der Waals surface area contributed by atoms with Crippen LogP contribution in [0.3, 0.4) is 0 Å². The zero-order valence-corrected chi connectivity index (χ0v) is 12.6. The number of hydrogen-bond acceptors (Lipinski definition) is 3.